The van der Waals surface area contributed by atoms with Crippen LogP contribution in [0.2, 0.25) is 0 Å². The molecule has 1 amide bonds. The van der Waals surface area contributed by atoms with E-state index < -0.39 is 5.91 Å². The minimum Gasteiger partial charge on any atom is -0.494 e. The number of halogens is 1. The molecule has 0 fully saturated rings. The Balaban J connectivity index is 0.00000450. The van der Waals surface area contributed by atoms with Crippen molar-refractivity contribution in [1.29, 1.82) is 0 Å². The van der Waals surface area contributed by atoms with Crippen molar-refractivity contribution < 1.29 is 14.3 Å². The number of hydrogen-bond donors (Lipinski definition) is 3. The Hall–Kier alpha value is -2.49. The quantitative estimate of drug-likeness (QED) is 0.251. The molecule has 164 valence electrons. The summed E-state index contributed by atoms with van der Waals surface area (Å²) >= 11 is 0. The van der Waals surface area contributed by atoms with Crippen molar-refractivity contribution in [3.63, 3.8) is 0 Å². The average molecular weight is 526 g/mol. The number of hydrogen-bond acceptors (Lipinski definition) is 4. The molecule has 0 aromatic heterocycles. The molecule has 4 N–H and O–H groups in total. The number of aliphatic imine (C=N–C) groups is 1. The van der Waals surface area contributed by atoms with Gasteiger partial charge in [-0.15, -0.1) is 24.0 Å². The molecule has 30 heavy (non-hydrogen) atoms. The van der Waals surface area contributed by atoms with Crippen LogP contribution in [0.4, 0.5) is 0 Å². The lowest BCUT2D eigenvalue weighted by Gasteiger charge is -2.15. The molecule has 0 bridgehead atoms. The smallest absolute Gasteiger partial charge is 0.255 e. The predicted molar refractivity (Wildman–Crippen MR) is 131 cm³/mol. The van der Waals surface area contributed by atoms with Gasteiger partial charge in [0.2, 0.25) is 0 Å². The first kappa shape index (κ1) is 25.5. The first-order chi connectivity index (χ1) is 14.0. The molecule has 0 atom stereocenters. The number of carbonyl (C=O) groups is 1. The van der Waals surface area contributed by atoms with Gasteiger partial charge in [0, 0.05) is 18.7 Å². The van der Waals surface area contributed by atoms with E-state index in [9.17, 15) is 4.79 Å². The lowest BCUT2D eigenvalue weighted by atomic mass is 10.1. The van der Waals surface area contributed by atoms with E-state index in [0.29, 0.717) is 31.4 Å². The number of aryl methyl sites for hydroxylation is 1. The molecule has 2 aromatic carbocycles. The predicted octanol–water partition coefficient (Wildman–Crippen LogP) is 3.13. The van der Waals surface area contributed by atoms with Gasteiger partial charge in [0.25, 0.3) is 5.91 Å². The number of guanidine groups is 1. The summed E-state index contributed by atoms with van der Waals surface area (Å²) < 4.78 is 11.1. The highest BCUT2D eigenvalue weighted by atomic mass is 127. The SMILES string of the molecule is CCNC(=NCc1cccc(OCC(N)=O)c1)NCc1ccc(C)cc1OCC.I. The van der Waals surface area contributed by atoms with Gasteiger partial charge in [-0.2, -0.15) is 0 Å². The standard InChI is InChI=1S/C22H30N4O3.HI/c1-4-24-22(26-14-18-10-9-16(3)11-20(18)28-5-2)25-13-17-7-6-8-19(12-17)29-15-21(23)27;/h6-12H,4-5,13-15H2,1-3H3,(H2,23,27)(H2,24,25,26);1H. The van der Waals surface area contributed by atoms with Crippen LogP contribution in [0.1, 0.15) is 30.5 Å². The molecule has 0 unspecified atom stereocenters. The molecule has 0 aliphatic carbocycles. The summed E-state index contributed by atoms with van der Waals surface area (Å²) in [5.41, 5.74) is 8.32. The van der Waals surface area contributed by atoms with Crippen molar-refractivity contribution in [3.8, 4) is 11.5 Å². The summed E-state index contributed by atoms with van der Waals surface area (Å²) in [4.78, 5) is 15.5. The molecular formula is C22H31IN4O3. The van der Waals surface area contributed by atoms with Crippen LogP contribution in [0.25, 0.3) is 0 Å². The Bertz CT molecular complexity index is 843. The van der Waals surface area contributed by atoms with Crippen LogP contribution < -0.4 is 25.8 Å². The van der Waals surface area contributed by atoms with Crippen molar-refractivity contribution >= 4 is 35.8 Å². The third-order valence-electron chi connectivity index (χ3n) is 4.01. The van der Waals surface area contributed by atoms with E-state index in [1.807, 2.05) is 45.0 Å². The van der Waals surface area contributed by atoms with Crippen molar-refractivity contribution in [3.05, 3.63) is 59.2 Å². The first-order valence-electron chi connectivity index (χ1n) is 9.76. The van der Waals surface area contributed by atoms with Crippen LogP contribution in [0.3, 0.4) is 0 Å². The summed E-state index contributed by atoms with van der Waals surface area (Å²) in [6, 6.07) is 13.6. The molecule has 7 nitrogen and oxygen atoms in total. The molecule has 0 saturated carbocycles. The Morgan fingerprint density at radius 2 is 1.90 bits per heavy atom. The first-order valence-corrected chi connectivity index (χ1v) is 9.76. The third kappa shape index (κ3) is 8.89. The van der Waals surface area contributed by atoms with E-state index in [1.165, 1.54) is 0 Å². The molecule has 8 heteroatoms. The number of carbonyl (C=O) groups excluding carboxylic acids is 1. The van der Waals surface area contributed by atoms with Crippen LogP contribution in [-0.4, -0.2) is 31.6 Å². The van der Waals surface area contributed by atoms with Crippen LogP contribution in [0, 0.1) is 6.92 Å². The van der Waals surface area contributed by atoms with E-state index in [-0.39, 0.29) is 30.6 Å². The fourth-order valence-electron chi connectivity index (χ4n) is 2.68. The molecule has 0 saturated heterocycles. The zero-order valence-electron chi connectivity index (χ0n) is 17.7. The highest BCUT2D eigenvalue weighted by molar-refractivity contribution is 14.0. The van der Waals surface area contributed by atoms with E-state index >= 15 is 0 Å². The van der Waals surface area contributed by atoms with Crippen LogP contribution >= 0.6 is 24.0 Å². The van der Waals surface area contributed by atoms with E-state index in [1.54, 1.807) is 6.07 Å². The van der Waals surface area contributed by atoms with Gasteiger partial charge in [-0.1, -0.05) is 24.3 Å². The minimum absolute atomic E-state index is 0. The number of nitrogens with zero attached hydrogens (tertiary/aromatic N) is 1. The van der Waals surface area contributed by atoms with Gasteiger partial charge in [0.15, 0.2) is 12.6 Å². The van der Waals surface area contributed by atoms with Crippen molar-refractivity contribution in [2.45, 2.75) is 33.9 Å². The van der Waals surface area contributed by atoms with E-state index in [0.717, 1.165) is 29.0 Å². The second kappa shape index (κ2) is 13.7. The molecule has 0 aliphatic heterocycles. The Labute approximate surface area is 195 Å². The van der Waals surface area contributed by atoms with Gasteiger partial charge in [0.1, 0.15) is 11.5 Å². The van der Waals surface area contributed by atoms with E-state index in [2.05, 4.69) is 27.8 Å². The molecule has 0 radical (unpaired) electrons. The number of benzene rings is 2. The number of nitrogens with one attached hydrogen (secondary N) is 2. The minimum atomic E-state index is -0.505. The summed E-state index contributed by atoms with van der Waals surface area (Å²) in [6.07, 6.45) is 0. The normalized spacial score (nSPS) is 10.7. The fourth-order valence-corrected chi connectivity index (χ4v) is 2.68. The number of rotatable bonds is 10. The molecule has 0 spiro atoms. The summed E-state index contributed by atoms with van der Waals surface area (Å²) in [5, 5.41) is 6.59. The maximum absolute atomic E-state index is 10.9. The maximum Gasteiger partial charge on any atom is 0.255 e. The lowest BCUT2D eigenvalue weighted by Crippen LogP contribution is -2.36. The van der Waals surface area contributed by atoms with Gasteiger partial charge < -0.3 is 25.8 Å². The number of primary amides is 1. The fraction of sp³-hybridized carbons (Fsp3) is 0.364. The average Bonchev–Trinajstić information content (AvgIpc) is 2.70. The van der Waals surface area contributed by atoms with Crippen LogP contribution in [-0.2, 0) is 17.9 Å². The van der Waals surface area contributed by atoms with Gasteiger partial charge >= 0.3 is 0 Å². The zero-order valence-corrected chi connectivity index (χ0v) is 20.1. The number of amides is 1. The molecule has 2 aromatic rings. The van der Waals surface area contributed by atoms with Gasteiger partial charge in [0.05, 0.1) is 13.2 Å². The monoisotopic (exact) mass is 526 g/mol. The second-order valence-electron chi connectivity index (χ2n) is 6.50. The van der Waals surface area contributed by atoms with Crippen molar-refractivity contribution in [2.75, 3.05) is 19.8 Å². The lowest BCUT2D eigenvalue weighted by molar-refractivity contribution is -0.119. The zero-order chi connectivity index (χ0) is 21.1. The van der Waals surface area contributed by atoms with E-state index in [4.69, 9.17) is 15.2 Å². The van der Waals surface area contributed by atoms with Gasteiger partial charge in [-0.05, 0) is 50.1 Å². The summed E-state index contributed by atoms with van der Waals surface area (Å²) in [5.74, 6) is 1.68. The maximum atomic E-state index is 10.9. The van der Waals surface area contributed by atoms with Crippen molar-refractivity contribution in [2.24, 2.45) is 10.7 Å². The largest absolute Gasteiger partial charge is 0.494 e. The Morgan fingerprint density at radius 1 is 1.10 bits per heavy atom. The summed E-state index contributed by atoms with van der Waals surface area (Å²) in [7, 11) is 0. The summed E-state index contributed by atoms with van der Waals surface area (Å²) in [6.45, 7) is 8.35. The highest BCUT2D eigenvalue weighted by Crippen LogP contribution is 2.20. The molecule has 2 rings (SSSR count). The molecule has 0 heterocycles. The Morgan fingerprint density at radius 3 is 2.60 bits per heavy atom. The third-order valence-corrected chi connectivity index (χ3v) is 4.01. The van der Waals surface area contributed by atoms with Crippen LogP contribution in [0.5, 0.6) is 11.5 Å². The van der Waals surface area contributed by atoms with Crippen molar-refractivity contribution in [1.82, 2.24) is 10.6 Å². The topological polar surface area (TPSA) is 98.0 Å². The van der Waals surface area contributed by atoms with Gasteiger partial charge in [-0.25, -0.2) is 4.99 Å². The van der Waals surface area contributed by atoms with Crippen LogP contribution in [0.15, 0.2) is 47.5 Å². The second-order valence-corrected chi connectivity index (χ2v) is 6.50. The molecule has 0 aliphatic rings. The molecular weight excluding hydrogens is 495 g/mol. The number of ether oxygens (including phenoxy) is 2. The highest BCUT2D eigenvalue weighted by Gasteiger charge is 2.06. The Kier molecular flexibility index (Phi) is 11.7. The number of nitrogens with two attached hydrogens (primary N) is 1. The van der Waals surface area contributed by atoms with Gasteiger partial charge in [-0.3, -0.25) is 4.79 Å².